The summed E-state index contributed by atoms with van der Waals surface area (Å²) in [5.41, 5.74) is -1.99. The number of esters is 1. The van der Waals surface area contributed by atoms with Crippen LogP contribution in [-0.4, -0.2) is 39.6 Å². The minimum Gasteiger partial charge on any atom is -0.468 e. The van der Waals surface area contributed by atoms with Crippen LogP contribution in [0.5, 0.6) is 0 Å². The highest BCUT2D eigenvalue weighted by molar-refractivity contribution is 6.48. The van der Waals surface area contributed by atoms with E-state index in [1.54, 1.807) is 0 Å². The predicted molar refractivity (Wildman–Crippen MR) is 120 cm³/mol. The molecular weight excluding hydrogens is 479 g/mol. The van der Waals surface area contributed by atoms with E-state index in [1.165, 1.54) is 24.3 Å². The van der Waals surface area contributed by atoms with E-state index in [0.717, 1.165) is 19.2 Å². The lowest BCUT2D eigenvalue weighted by Gasteiger charge is -2.16. The van der Waals surface area contributed by atoms with Gasteiger partial charge in [-0.1, -0.05) is 23.2 Å². The number of nitrogens with one attached hydrogen (secondary N) is 2. The lowest BCUT2D eigenvalue weighted by atomic mass is 9.98. The summed E-state index contributed by atoms with van der Waals surface area (Å²) in [6, 6.07) is 7.83. The predicted octanol–water partition coefficient (Wildman–Crippen LogP) is 2.35. The van der Waals surface area contributed by atoms with Gasteiger partial charge in [0.15, 0.2) is 5.92 Å². The highest BCUT2D eigenvalue weighted by atomic mass is 35.5. The van der Waals surface area contributed by atoms with Crippen molar-refractivity contribution in [2.45, 2.75) is 5.92 Å². The third-order valence-corrected chi connectivity index (χ3v) is 5.01. The number of amides is 1. The van der Waals surface area contributed by atoms with Crippen molar-refractivity contribution < 1.29 is 19.2 Å². The number of fused-ring (bicyclic) bond motifs is 1. The number of H-pyrrole nitrogens is 1. The van der Waals surface area contributed by atoms with Crippen LogP contribution < -0.4 is 16.7 Å². The summed E-state index contributed by atoms with van der Waals surface area (Å²) in [6.45, 7) is 0. The first-order valence-electron chi connectivity index (χ1n) is 8.96. The van der Waals surface area contributed by atoms with Crippen molar-refractivity contribution in [2.24, 2.45) is 10.9 Å². The van der Waals surface area contributed by atoms with E-state index in [-0.39, 0.29) is 32.5 Å². The molecule has 3 rings (SSSR count). The summed E-state index contributed by atoms with van der Waals surface area (Å²) in [7, 11) is 1.04. The Labute approximate surface area is 194 Å². The van der Waals surface area contributed by atoms with Crippen molar-refractivity contribution in [3.05, 3.63) is 72.6 Å². The van der Waals surface area contributed by atoms with Crippen LogP contribution in [0.25, 0.3) is 11.0 Å². The first-order valence-corrected chi connectivity index (χ1v) is 9.72. The van der Waals surface area contributed by atoms with Crippen LogP contribution in [0.4, 0.5) is 11.4 Å². The zero-order valence-electron chi connectivity index (χ0n) is 16.7. The minimum absolute atomic E-state index is 0.0444. The van der Waals surface area contributed by atoms with Crippen molar-refractivity contribution in [3.63, 3.8) is 0 Å². The van der Waals surface area contributed by atoms with Crippen molar-refractivity contribution >= 4 is 63.2 Å². The zero-order chi connectivity index (χ0) is 24.3. The standard InChI is InChI=1S/C19H14Cl2N6O6/c1-33-19(30)14(16(26-22)18(29)24-12-6-8(20)2-4-10(12)21)15-17(28)25-13-7-9(27(31)32)3-5-11(13)23-15/h2-7,14H,22H2,1H3,(H,24,29)(H,25,28)/b26-16+/t14-/m0/s1. The summed E-state index contributed by atoms with van der Waals surface area (Å²) < 4.78 is 4.73. The second-order valence-corrected chi connectivity index (χ2v) is 7.30. The molecule has 1 aromatic heterocycles. The number of anilines is 1. The largest absolute Gasteiger partial charge is 0.468 e. The molecule has 3 aromatic rings. The van der Waals surface area contributed by atoms with Crippen LogP contribution in [0, 0.1) is 10.1 Å². The average molecular weight is 493 g/mol. The smallest absolute Gasteiger partial charge is 0.321 e. The Morgan fingerprint density at radius 1 is 1.27 bits per heavy atom. The van der Waals surface area contributed by atoms with Gasteiger partial charge in [-0.2, -0.15) is 5.10 Å². The molecule has 0 saturated carbocycles. The number of carbonyl (C=O) groups excluding carboxylic acids is 2. The number of nitrogens with zero attached hydrogens (tertiary/aromatic N) is 3. The highest BCUT2D eigenvalue weighted by Gasteiger charge is 2.36. The van der Waals surface area contributed by atoms with Gasteiger partial charge < -0.3 is 20.9 Å². The molecule has 0 aliphatic heterocycles. The van der Waals surface area contributed by atoms with Gasteiger partial charge >= 0.3 is 5.97 Å². The minimum atomic E-state index is -1.72. The third-order valence-electron chi connectivity index (χ3n) is 4.44. The maximum Gasteiger partial charge on any atom is 0.321 e. The molecule has 0 spiro atoms. The fraction of sp³-hybridized carbons (Fsp3) is 0.105. The number of halogens is 2. The Kier molecular flexibility index (Phi) is 6.89. The Bertz CT molecular complexity index is 1370. The van der Waals surface area contributed by atoms with Gasteiger partial charge in [0.25, 0.3) is 17.2 Å². The van der Waals surface area contributed by atoms with Crippen LogP contribution in [0.1, 0.15) is 11.6 Å². The number of nitro groups is 1. The summed E-state index contributed by atoms with van der Waals surface area (Å²) in [5.74, 6) is 1.65. The van der Waals surface area contributed by atoms with Crippen LogP contribution in [0.15, 0.2) is 46.3 Å². The van der Waals surface area contributed by atoms with Gasteiger partial charge in [-0.3, -0.25) is 24.5 Å². The second-order valence-electron chi connectivity index (χ2n) is 6.46. The van der Waals surface area contributed by atoms with Gasteiger partial charge in [0.2, 0.25) is 0 Å². The lowest BCUT2D eigenvalue weighted by Crippen LogP contribution is -2.38. The maximum atomic E-state index is 12.9. The monoisotopic (exact) mass is 492 g/mol. The maximum absolute atomic E-state index is 12.9. The first-order chi connectivity index (χ1) is 15.7. The number of hydrogen-bond donors (Lipinski definition) is 3. The fourth-order valence-electron chi connectivity index (χ4n) is 2.91. The van der Waals surface area contributed by atoms with Crippen molar-refractivity contribution in [1.29, 1.82) is 0 Å². The number of aromatic nitrogens is 2. The number of nitrogens with two attached hydrogens (primary N) is 1. The molecule has 1 heterocycles. The van der Waals surface area contributed by atoms with E-state index in [4.69, 9.17) is 33.8 Å². The van der Waals surface area contributed by atoms with E-state index in [0.29, 0.717) is 0 Å². The molecule has 1 atom stereocenters. The number of ether oxygens (including phenoxy) is 1. The van der Waals surface area contributed by atoms with Crippen LogP contribution in [-0.2, 0) is 14.3 Å². The number of rotatable bonds is 6. The molecule has 0 unspecified atom stereocenters. The van der Waals surface area contributed by atoms with Gasteiger partial charge in [-0.25, -0.2) is 4.98 Å². The topological polar surface area (TPSA) is 183 Å². The number of hydrazone groups is 1. The molecule has 12 nitrogen and oxygen atoms in total. The van der Waals surface area contributed by atoms with Gasteiger partial charge in [0, 0.05) is 17.2 Å². The van der Waals surface area contributed by atoms with Gasteiger partial charge in [0.05, 0.1) is 33.8 Å². The first kappa shape index (κ1) is 23.6. The lowest BCUT2D eigenvalue weighted by molar-refractivity contribution is -0.384. The van der Waals surface area contributed by atoms with Crippen LogP contribution >= 0.6 is 23.2 Å². The van der Waals surface area contributed by atoms with E-state index >= 15 is 0 Å². The molecule has 0 bridgehead atoms. The highest BCUT2D eigenvalue weighted by Crippen LogP contribution is 2.26. The molecule has 33 heavy (non-hydrogen) atoms. The zero-order valence-corrected chi connectivity index (χ0v) is 18.2. The normalized spacial score (nSPS) is 12.3. The van der Waals surface area contributed by atoms with Gasteiger partial charge in [-0.05, 0) is 24.3 Å². The molecule has 0 aliphatic carbocycles. The molecule has 0 radical (unpaired) electrons. The molecule has 14 heteroatoms. The number of methoxy groups -OCH3 is 1. The SMILES string of the molecule is COC(=O)[C@H](/C(=N\N)C(=O)Nc1cc(Cl)ccc1Cl)c1nc2ccc([N+](=O)[O-])cc2[nH]c1=O. The number of non-ortho nitro benzene ring substituents is 1. The Hall–Kier alpha value is -4.03. The molecule has 0 aliphatic rings. The average Bonchev–Trinajstić information content (AvgIpc) is 2.78. The third kappa shape index (κ3) is 4.91. The molecule has 0 fully saturated rings. The van der Waals surface area contributed by atoms with Gasteiger partial charge in [-0.15, -0.1) is 0 Å². The molecule has 2 aromatic carbocycles. The number of hydrogen-bond acceptors (Lipinski definition) is 9. The molecular formula is C19H14Cl2N6O6. The number of carbonyl (C=O) groups is 2. The Balaban J connectivity index is 2.09. The van der Waals surface area contributed by atoms with Crippen LogP contribution in [0.2, 0.25) is 10.0 Å². The van der Waals surface area contributed by atoms with Gasteiger partial charge in [0.1, 0.15) is 11.4 Å². The number of aromatic amines is 1. The van der Waals surface area contributed by atoms with Crippen molar-refractivity contribution in [1.82, 2.24) is 9.97 Å². The summed E-state index contributed by atoms with van der Waals surface area (Å²) >= 11 is 12.0. The Morgan fingerprint density at radius 2 is 2.00 bits per heavy atom. The van der Waals surface area contributed by atoms with E-state index in [9.17, 15) is 24.5 Å². The van der Waals surface area contributed by atoms with E-state index in [1.807, 2.05) is 0 Å². The number of benzene rings is 2. The Morgan fingerprint density at radius 3 is 2.64 bits per heavy atom. The van der Waals surface area contributed by atoms with Crippen LogP contribution in [0.3, 0.4) is 0 Å². The summed E-state index contributed by atoms with van der Waals surface area (Å²) in [4.78, 5) is 55.0. The van der Waals surface area contributed by atoms with E-state index in [2.05, 4.69) is 20.4 Å². The number of nitro benzene ring substituents is 1. The fourth-order valence-corrected chi connectivity index (χ4v) is 3.25. The van der Waals surface area contributed by atoms with Crippen molar-refractivity contribution in [2.75, 3.05) is 12.4 Å². The summed E-state index contributed by atoms with van der Waals surface area (Å²) in [6.07, 6.45) is 0. The molecule has 1 amide bonds. The molecule has 170 valence electrons. The summed E-state index contributed by atoms with van der Waals surface area (Å²) in [5, 5.41) is 17.2. The quantitative estimate of drug-likeness (QED) is 0.154. The second kappa shape index (κ2) is 9.63. The molecule has 4 N–H and O–H groups in total. The van der Waals surface area contributed by atoms with Crippen molar-refractivity contribution in [3.8, 4) is 0 Å². The molecule has 0 saturated heterocycles. The van der Waals surface area contributed by atoms with E-state index < -0.39 is 39.7 Å².